The Labute approximate surface area is 84.8 Å². The fourth-order valence-corrected chi connectivity index (χ4v) is 2.35. The van der Waals surface area contributed by atoms with Crippen LogP contribution in [0.1, 0.15) is 38.3 Å². The van der Waals surface area contributed by atoms with Gasteiger partial charge in [0.05, 0.1) is 12.0 Å². The van der Waals surface area contributed by atoms with Gasteiger partial charge in [0.1, 0.15) is 5.60 Å². The van der Waals surface area contributed by atoms with Crippen molar-refractivity contribution in [3.63, 3.8) is 0 Å². The van der Waals surface area contributed by atoms with E-state index in [4.69, 9.17) is 0 Å². The highest BCUT2D eigenvalue weighted by Crippen LogP contribution is 2.40. The molecule has 1 fully saturated rings. The number of nitrogens with zero attached hydrogens (tertiary/aromatic N) is 2. The van der Waals surface area contributed by atoms with Crippen molar-refractivity contribution in [1.82, 2.24) is 9.55 Å². The Kier molecular flexibility index (Phi) is 2.35. The van der Waals surface area contributed by atoms with Crippen molar-refractivity contribution >= 4 is 0 Å². The SMILES string of the molecule is CC1CCCCC1(O)c1cn(C)cn1. The number of aromatic nitrogens is 2. The molecule has 1 saturated carbocycles. The van der Waals surface area contributed by atoms with Crippen molar-refractivity contribution < 1.29 is 5.11 Å². The van der Waals surface area contributed by atoms with Crippen molar-refractivity contribution in [3.05, 3.63) is 18.2 Å². The minimum atomic E-state index is -0.681. The van der Waals surface area contributed by atoms with E-state index in [0.717, 1.165) is 25.0 Å². The molecule has 0 amide bonds. The van der Waals surface area contributed by atoms with Crippen LogP contribution < -0.4 is 0 Å². The first-order valence-corrected chi connectivity index (χ1v) is 5.34. The van der Waals surface area contributed by atoms with Crippen LogP contribution in [0, 0.1) is 5.92 Å². The summed E-state index contributed by atoms with van der Waals surface area (Å²) in [4.78, 5) is 4.27. The summed E-state index contributed by atoms with van der Waals surface area (Å²) in [5.74, 6) is 0.325. The molecule has 1 N–H and O–H groups in total. The number of aryl methyl sites for hydroxylation is 1. The lowest BCUT2D eigenvalue weighted by Crippen LogP contribution is -2.36. The molecule has 3 heteroatoms. The zero-order chi connectivity index (χ0) is 10.2. The first-order valence-electron chi connectivity index (χ1n) is 5.34. The summed E-state index contributed by atoms with van der Waals surface area (Å²) in [5, 5.41) is 10.5. The monoisotopic (exact) mass is 194 g/mol. The second-order valence-corrected chi connectivity index (χ2v) is 4.50. The Morgan fingerprint density at radius 1 is 1.57 bits per heavy atom. The zero-order valence-corrected chi connectivity index (χ0v) is 8.90. The van der Waals surface area contributed by atoms with Crippen LogP contribution >= 0.6 is 0 Å². The topological polar surface area (TPSA) is 38.0 Å². The molecule has 0 spiro atoms. The van der Waals surface area contributed by atoms with E-state index in [1.54, 1.807) is 6.33 Å². The van der Waals surface area contributed by atoms with E-state index < -0.39 is 5.60 Å². The Bertz CT molecular complexity index is 321. The summed E-state index contributed by atoms with van der Waals surface area (Å²) >= 11 is 0. The molecule has 0 saturated heterocycles. The molecule has 0 aliphatic heterocycles. The van der Waals surface area contributed by atoms with Crippen LogP contribution in [-0.4, -0.2) is 14.7 Å². The van der Waals surface area contributed by atoms with E-state index in [2.05, 4.69) is 11.9 Å². The number of rotatable bonds is 1. The molecule has 2 unspecified atom stereocenters. The predicted octanol–water partition coefficient (Wildman–Crippen LogP) is 1.82. The van der Waals surface area contributed by atoms with Gasteiger partial charge in [0.2, 0.25) is 0 Å². The molecule has 1 aromatic rings. The number of imidazole rings is 1. The fourth-order valence-electron chi connectivity index (χ4n) is 2.35. The summed E-state index contributed by atoms with van der Waals surface area (Å²) in [6.07, 6.45) is 7.99. The molecular weight excluding hydrogens is 176 g/mol. The molecule has 1 aromatic heterocycles. The van der Waals surface area contributed by atoms with E-state index in [0.29, 0.717) is 5.92 Å². The van der Waals surface area contributed by atoms with Crippen molar-refractivity contribution in [1.29, 1.82) is 0 Å². The van der Waals surface area contributed by atoms with E-state index in [1.165, 1.54) is 6.42 Å². The lowest BCUT2D eigenvalue weighted by Gasteiger charge is -2.36. The summed E-state index contributed by atoms with van der Waals surface area (Å²) in [6.45, 7) is 2.12. The van der Waals surface area contributed by atoms with Crippen LogP contribution in [0.15, 0.2) is 12.5 Å². The molecule has 1 aliphatic rings. The normalized spacial score (nSPS) is 33.2. The number of hydrogen-bond acceptors (Lipinski definition) is 2. The highest BCUT2D eigenvalue weighted by molar-refractivity contribution is 5.11. The van der Waals surface area contributed by atoms with Crippen LogP contribution in [0.3, 0.4) is 0 Å². The summed E-state index contributed by atoms with van der Waals surface area (Å²) in [5.41, 5.74) is 0.159. The third-order valence-corrected chi connectivity index (χ3v) is 3.41. The molecule has 1 heterocycles. The Hall–Kier alpha value is -0.830. The summed E-state index contributed by atoms with van der Waals surface area (Å²) in [6, 6.07) is 0. The van der Waals surface area contributed by atoms with Crippen LogP contribution in [-0.2, 0) is 12.6 Å². The largest absolute Gasteiger partial charge is 0.383 e. The van der Waals surface area contributed by atoms with Crippen molar-refractivity contribution in [2.75, 3.05) is 0 Å². The Balaban J connectivity index is 2.29. The molecule has 78 valence electrons. The minimum absolute atomic E-state index is 0.325. The van der Waals surface area contributed by atoms with E-state index >= 15 is 0 Å². The first kappa shape index (κ1) is 9.71. The molecular formula is C11H18N2O. The van der Waals surface area contributed by atoms with Crippen LogP contribution in [0.5, 0.6) is 0 Å². The second kappa shape index (κ2) is 3.39. The molecule has 0 radical (unpaired) electrons. The smallest absolute Gasteiger partial charge is 0.111 e. The molecule has 1 aliphatic carbocycles. The second-order valence-electron chi connectivity index (χ2n) is 4.50. The first-order chi connectivity index (χ1) is 6.63. The lowest BCUT2D eigenvalue weighted by atomic mass is 9.75. The molecule has 2 rings (SSSR count). The number of aliphatic hydroxyl groups is 1. The maximum atomic E-state index is 10.5. The number of hydrogen-bond donors (Lipinski definition) is 1. The quantitative estimate of drug-likeness (QED) is 0.740. The lowest BCUT2D eigenvalue weighted by molar-refractivity contribution is -0.0503. The molecule has 14 heavy (non-hydrogen) atoms. The average molecular weight is 194 g/mol. The van der Waals surface area contributed by atoms with E-state index in [9.17, 15) is 5.11 Å². The van der Waals surface area contributed by atoms with Gasteiger partial charge in [0.15, 0.2) is 0 Å². The van der Waals surface area contributed by atoms with Gasteiger partial charge in [-0.3, -0.25) is 0 Å². The highest BCUT2D eigenvalue weighted by atomic mass is 16.3. The zero-order valence-electron chi connectivity index (χ0n) is 8.90. The fraction of sp³-hybridized carbons (Fsp3) is 0.727. The molecule has 2 atom stereocenters. The maximum absolute atomic E-state index is 10.5. The van der Waals surface area contributed by atoms with Gasteiger partial charge in [-0.25, -0.2) is 4.98 Å². The van der Waals surface area contributed by atoms with Crippen LogP contribution in [0.4, 0.5) is 0 Å². The van der Waals surface area contributed by atoms with Crippen molar-refractivity contribution in [2.45, 2.75) is 38.2 Å². The third-order valence-electron chi connectivity index (χ3n) is 3.41. The van der Waals surface area contributed by atoms with Gasteiger partial charge >= 0.3 is 0 Å². The van der Waals surface area contributed by atoms with E-state index in [-0.39, 0.29) is 0 Å². The van der Waals surface area contributed by atoms with Gasteiger partial charge < -0.3 is 9.67 Å². The third kappa shape index (κ3) is 1.46. The maximum Gasteiger partial charge on any atom is 0.111 e. The Morgan fingerprint density at radius 3 is 2.93 bits per heavy atom. The minimum Gasteiger partial charge on any atom is -0.383 e. The molecule has 0 bridgehead atoms. The van der Waals surface area contributed by atoms with Crippen molar-refractivity contribution in [2.24, 2.45) is 13.0 Å². The average Bonchev–Trinajstić information content (AvgIpc) is 2.58. The highest BCUT2D eigenvalue weighted by Gasteiger charge is 2.39. The van der Waals surface area contributed by atoms with Gasteiger partial charge in [0.25, 0.3) is 0 Å². The summed E-state index contributed by atoms with van der Waals surface area (Å²) in [7, 11) is 1.94. The van der Waals surface area contributed by atoms with Gasteiger partial charge in [-0.15, -0.1) is 0 Å². The van der Waals surface area contributed by atoms with Gasteiger partial charge in [0, 0.05) is 13.2 Å². The van der Waals surface area contributed by atoms with Crippen LogP contribution in [0.2, 0.25) is 0 Å². The standard InChI is InChI=1S/C11H18N2O/c1-9-5-3-4-6-11(9,14)10-7-13(2)8-12-10/h7-9,14H,3-6H2,1-2H3. The Morgan fingerprint density at radius 2 is 2.36 bits per heavy atom. The van der Waals surface area contributed by atoms with Crippen LogP contribution in [0.25, 0.3) is 0 Å². The van der Waals surface area contributed by atoms with Gasteiger partial charge in [-0.05, 0) is 18.8 Å². The molecule has 3 nitrogen and oxygen atoms in total. The van der Waals surface area contributed by atoms with E-state index in [1.807, 2.05) is 17.8 Å². The predicted molar refractivity (Wildman–Crippen MR) is 54.7 cm³/mol. The van der Waals surface area contributed by atoms with Crippen molar-refractivity contribution in [3.8, 4) is 0 Å². The van der Waals surface area contributed by atoms with Gasteiger partial charge in [-0.2, -0.15) is 0 Å². The summed E-state index contributed by atoms with van der Waals surface area (Å²) < 4.78 is 1.90. The molecule has 0 aromatic carbocycles. The van der Waals surface area contributed by atoms with Gasteiger partial charge in [-0.1, -0.05) is 19.8 Å².